The number of ketones is 1. The zero-order valence-electron chi connectivity index (χ0n) is 9.69. The van der Waals surface area contributed by atoms with Crippen LogP contribution in [0.4, 0.5) is 0 Å². The predicted molar refractivity (Wildman–Crippen MR) is 60.4 cm³/mol. The highest BCUT2D eigenvalue weighted by molar-refractivity contribution is 5.92. The second-order valence-electron chi connectivity index (χ2n) is 4.31. The highest BCUT2D eigenvalue weighted by Gasteiger charge is 2.16. The number of Topliss-reactive ketones (excluding diaryl/α,β-unsaturated/α-hetero) is 1. The van der Waals surface area contributed by atoms with Crippen molar-refractivity contribution in [3.05, 3.63) is 18.2 Å². The van der Waals surface area contributed by atoms with Crippen LogP contribution in [0.25, 0.3) is 0 Å². The van der Waals surface area contributed by atoms with Crippen LogP contribution in [0.15, 0.2) is 12.4 Å². The molecule has 0 radical (unpaired) electrons. The fourth-order valence-corrected chi connectivity index (χ4v) is 2.11. The average Bonchev–Trinajstić information content (AvgIpc) is 2.88. The maximum absolute atomic E-state index is 11.8. The van der Waals surface area contributed by atoms with Crippen LogP contribution in [0, 0.1) is 0 Å². The van der Waals surface area contributed by atoms with Crippen molar-refractivity contribution < 1.29 is 9.53 Å². The van der Waals surface area contributed by atoms with Crippen molar-refractivity contribution in [2.45, 2.75) is 38.2 Å². The fraction of sp³-hybridized carbons (Fsp3) is 0.667. The van der Waals surface area contributed by atoms with Crippen LogP contribution in [0.2, 0.25) is 0 Å². The van der Waals surface area contributed by atoms with Gasteiger partial charge in [0, 0.05) is 32.5 Å². The smallest absolute Gasteiger partial charge is 0.198 e. The van der Waals surface area contributed by atoms with E-state index in [0.717, 1.165) is 32.3 Å². The second kappa shape index (κ2) is 5.25. The van der Waals surface area contributed by atoms with Gasteiger partial charge >= 0.3 is 0 Å². The zero-order valence-corrected chi connectivity index (χ0v) is 9.69. The van der Waals surface area contributed by atoms with Crippen LogP contribution in [-0.4, -0.2) is 28.0 Å². The molecule has 1 aromatic rings. The summed E-state index contributed by atoms with van der Waals surface area (Å²) in [6.45, 7) is 0.887. The van der Waals surface area contributed by atoms with Crippen LogP contribution in [0.1, 0.15) is 42.7 Å². The van der Waals surface area contributed by atoms with Gasteiger partial charge < -0.3 is 9.30 Å². The highest BCUT2D eigenvalue weighted by atomic mass is 16.5. The summed E-state index contributed by atoms with van der Waals surface area (Å²) in [5.41, 5.74) is 0. The van der Waals surface area contributed by atoms with Crippen LogP contribution < -0.4 is 0 Å². The minimum absolute atomic E-state index is 0.130. The van der Waals surface area contributed by atoms with Gasteiger partial charge in [0.25, 0.3) is 0 Å². The number of hydrogen-bond acceptors (Lipinski definition) is 3. The Morgan fingerprint density at radius 3 is 3.19 bits per heavy atom. The van der Waals surface area contributed by atoms with E-state index >= 15 is 0 Å². The van der Waals surface area contributed by atoms with Crippen molar-refractivity contribution in [2.24, 2.45) is 7.05 Å². The van der Waals surface area contributed by atoms with Crippen LogP contribution in [0.5, 0.6) is 0 Å². The van der Waals surface area contributed by atoms with Crippen molar-refractivity contribution in [3.8, 4) is 0 Å². The molecule has 1 aromatic heterocycles. The number of aromatic nitrogens is 2. The normalized spacial score (nSPS) is 20.2. The number of carbonyl (C=O) groups is 1. The van der Waals surface area contributed by atoms with E-state index in [1.165, 1.54) is 0 Å². The van der Waals surface area contributed by atoms with Gasteiger partial charge in [-0.15, -0.1) is 0 Å². The lowest BCUT2D eigenvalue weighted by atomic mass is 10.1. The Morgan fingerprint density at radius 1 is 1.69 bits per heavy atom. The largest absolute Gasteiger partial charge is 0.378 e. The summed E-state index contributed by atoms with van der Waals surface area (Å²) >= 11 is 0. The van der Waals surface area contributed by atoms with Gasteiger partial charge in [-0.25, -0.2) is 4.98 Å². The van der Waals surface area contributed by atoms with Crippen molar-refractivity contribution in [1.29, 1.82) is 0 Å². The van der Waals surface area contributed by atoms with E-state index in [0.29, 0.717) is 18.3 Å². The van der Waals surface area contributed by atoms with Gasteiger partial charge in [0.2, 0.25) is 0 Å². The van der Waals surface area contributed by atoms with Crippen LogP contribution in [0.3, 0.4) is 0 Å². The molecule has 0 N–H and O–H groups in total. The van der Waals surface area contributed by atoms with Crippen molar-refractivity contribution >= 4 is 5.78 Å². The van der Waals surface area contributed by atoms with Gasteiger partial charge in [0.05, 0.1) is 6.10 Å². The first-order valence-electron chi connectivity index (χ1n) is 5.89. The molecule has 0 aliphatic carbocycles. The van der Waals surface area contributed by atoms with Gasteiger partial charge in [-0.2, -0.15) is 0 Å². The zero-order chi connectivity index (χ0) is 11.4. The third-order valence-corrected chi connectivity index (χ3v) is 3.02. The van der Waals surface area contributed by atoms with Crippen molar-refractivity contribution in [2.75, 3.05) is 6.61 Å². The monoisotopic (exact) mass is 222 g/mol. The Hall–Kier alpha value is -1.16. The summed E-state index contributed by atoms with van der Waals surface area (Å²) in [7, 11) is 1.85. The first-order valence-corrected chi connectivity index (χ1v) is 5.89. The summed E-state index contributed by atoms with van der Waals surface area (Å²) in [4.78, 5) is 15.8. The minimum Gasteiger partial charge on any atom is -0.378 e. The molecule has 4 nitrogen and oxygen atoms in total. The molecule has 0 bridgehead atoms. The summed E-state index contributed by atoms with van der Waals surface area (Å²) in [6, 6.07) is 0. The Balaban J connectivity index is 1.73. The van der Waals surface area contributed by atoms with Gasteiger partial charge in [-0.3, -0.25) is 4.79 Å². The SMILES string of the molecule is Cn1ccnc1C(=O)CCCC1CCCO1. The van der Waals surface area contributed by atoms with E-state index in [4.69, 9.17) is 4.74 Å². The number of imidazole rings is 1. The first kappa shape index (κ1) is 11.3. The molecule has 0 saturated carbocycles. The lowest BCUT2D eigenvalue weighted by Crippen LogP contribution is -2.09. The molecule has 0 spiro atoms. The number of hydrogen-bond donors (Lipinski definition) is 0. The number of nitrogens with zero attached hydrogens (tertiary/aromatic N) is 2. The van der Waals surface area contributed by atoms with E-state index in [2.05, 4.69) is 4.98 Å². The quantitative estimate of drug-likeness (QED) is 0.715. The summed E-state index contributed by atoms with van der Waals surface area (Å²) in [5, 5.41) is 0. The number of rotatable bonds is 5. The molecule has 88 valence electrons. The van der Waals surface area contributed by atoms with E-state index in [1.54, 1.807) is 17.0 Å². The Labute approximate surface area is 95.6 Å². The first-order chi connectivity index (χ1) is 7.77. The Bertz CT molecular complexity index is 354. The molecule has 4 heteroatoms. The summed E-state index contributed by atoms with van der Waals surface area (Å²) in [5.74, 6) is 0.692. The van der Waals surface area contributed by atoms with E-state index in [9.17, 15) is 4.79 Å². The van der Waals surface area contributed by atoms with E-state index in [1.807, 2.05) is 7.05 Å². The minimum atomic E-state index is 0.130. The number of ether oxygens (including phenoxy) is 1. The number of aryl methyl sites for hydroxylation is 1. The third kappa shape index (κ3) is 2.70. The van der Waals surface area contributed by atoms with E-state index in [-0.39, 0.29) is 5.78 Å². The molecule has 1 saturated heterocycles. The lowest BCUT2D eigenvalue weighted by Gasteiger charge is -2.07. The molecule has 0 aromatic carbocycles. The van der Waals surface area contributed by atoms with Crippen molar-refractivity contribution in [1.82, 2.24) is 9.55 Å². The Morgan fingerprint density at radius 2 is 2.56 bits per heavy atom. The summed E-state index contributed by atoms with van der Waals surface area (Å²) in [6.07, 6.45) is 8.63. The predicted octanol–water partition coefficient (Wildman–Crippen LogP) is 1.95. The second-order valence-corrected chi connectivity index (χ2v) is 4.31. The van der Waals surface area contributed by atoms with Crippen LogP contribution >= 0.6 is 0 Å². The standard InChI is InChI=1S/C12H18N2O2/c1-14-8-7-13-12(14)11(15)6-2-4-10-5-3-9-16-10/h7-8,10H,2-6,9H2,1H3. The number of carbonyl (C=O) groups excluding carboxylic acids is 1. The molecular weight excluding hydrogens is 204 g/mol. The molecule has 1 aliphatic rings. The molecule has 0 amide bonds. The van der Waals surface area contributed by atoms with Gasteiger partial charge in [0.1, 0.15) is 0 Å². The molecule has 16 heavy (non-hydrogen) atoms. The maximum atomic E-state index is 11.8. The van der Waals surface area contributed by atoms with E-state index < -0.39 is 0 Å². The molecule has 1 atom stereocenters. The maximum Gasteiger partial charge on any atom is 0.198 e. The van der Waals surface area contributed by atoms with Gasteiger partial charge in [-0.1, -0.05) is 0 Å². The molecular formula is C12H18N2O2. The summed E-state index contributed by atoms with van der Waals surface area (Å²) < 4.78 is 7.29. The third-order valence-electron chi connectivity index (χ3n) is 3.02. The highest BCUT2D eigenvalue weighted by Crippen LogP contribution is 2.18. The van der Waals surface area contributed by atoms with Crippen molar-refractivity contribution in [3.63, 3.8) is 0 Å². The Kier molecular flexibility index (Phi) is 3.72. The average molecular weight is 222 g/mol. The lowest BCUT2D eigenvalue weighted by molar-refractivity contribution is 0.0913. The van der Waals surface area contributed by atoms with Gasteiger partial charge in [0.15, 0.2) is 11.6 Å². The fourth-order valence-electron chi connectivity index (χ4n) is 2.11. The topological polar surface area (TPSA) is 44.1 Å². The molecule has 1 fully saturated rings. The van der Waals surface area contributed by atoms with Crippen LogP contribution in [-0.2, 0) is 11.8 Å². The molecule has 1 aliphatic heterocycles. The molecule has 1 unspecified atom stereocenters. The molecule has 2 rings (SSSR count). The molecule has 2 heterocycles. The van der Waals surface area contributed by atoms with Gasteiger partial charge in [-0.05, 0) is 25.7 Å².